The van der Waals surface area contributed by atoms with Crippen LogP contribution in [0.2, 0.25) is 5.02 Å². The fourth-order valence-corrected chi connectivity index (χ4v) is 3.07. The molecule has 2 aromatic heterocycles. The van der Waals surface area contributed by atoms with Crippen LogP contribution in [-0.4, -0.2) is 20.8 Å². The van der Waals surface area contributed by atoms with Gasteiger partial charge in [0, 0.05) is 35.6 Å². The first-order valence-electron chi connectivity index (χ1n) is 8.74. The second-order valence-corrected chi connectivity index (χ2v) is 6.68. The van der Waals surface area contributed by atoms with E-state index in [1.165, 1.54) is 0 Å². The molecule has 4 aromatic rings. The predicted octanol–water partition coefficient (Wildman–Crippen LogP) is 4.17. The fraction of sp³-hybridized carbons (Fsp3) is 0.0952. The molecule has 0 saturated carbocycles. The van der Waals surface area contributed by atoms with E-state index in [0.29, 0.717) is 23.9 Å². The van der Waals surface area contributed by atoms with Crippen LogP contribution in [0, 0.1) is 0 Å². The second-order valence-electron chi connectivity index (χ2n) is 6.24. The lowest BCUT2D eigenvalue weighted by Crippen LogP contribution is -2.24. The third-order valence-corrected chi connectivity index (χ3v) is 4.54. The van der Waals surface area contributed by atoms with Crippen molar-refractivity contribution < 1.29 is 9.32 Å². The van der Waals surface area contributed by atoms with Crippen molar-refractivity contribution in [3.05, 3.63) is 94.9 Å². The van der Waals surface area contributed by atoms with Crippen LogP contribution in [0.4, 0.5) is 0 Å². The van der Waals surface area contributed by atoms with E-state index in [9.17, 15) is 4.79 Å². The third kappa shape index (κ3) is 4.13. The number of hydrogen-bond donors (Lipinski definition) is 1. The molecule has 7 heteroatoms. The Morgan fingerprint density at radius 2 is 1.93 bits per heavy atom. The number of carbonyl (C=O) groups excluding carboxylic acids is 1. The van der Waals surface area contributed by atoms with Crippen molar-refractivity contribution in [2.45, 2.75) is 13.1 Å². The van der Waals surface area contributed by atoms with Gasteiger partial charge in [0.05, 0.1) is 6.54 Å². The Morgan fingerprint density at radius 3 is 2.71 bits per heavy atom. The van der Waals surface area contributed by atoms with Crippen molar-refractivity contribution in [3.8, 4) is 11.3 Å². The van der Waals surface area contributed by atoms with Gasteiger partial charge in [0.15, 0.2) is 11.5 Å². The van der Waals surface area contributed by atoms with Crippen molar-refractivity contribution in [1.29, 1.82) is 0 Å². The Kier molecular flexibility index (Phi) is 5.21. The number of halogens is 1. The maximum Gasteiger partial charge on any atom is 0.273 e. The summed E-state index contributed by atoms with van der Waals surface area (Å²) < 4.78 is 7.13. The Bertz CT molecular complexity index is 1090. The van der Waals surface area contributed by atoms with Crippen molar-refractivity contribution in [1.82, 2.24) is 20.3 Å². The lowest BCUT2D eigenvalue weighted by molar-refractivity contribution is 0.0942. The lowest BCUT2D eigenvalue weighted by atomic mass is 10.1. The molecule has 0 atom stereocenters. The zero-order chi connectivity index (χ0) is 19.3. The Balaban J connectivity index is 1.44. The highest BCUT2D eigenvalue weighted by Crippen LogP contribution is 2.23. The van der Waals surface area contributed by atoms with Gasteiger partial charge < -0.3 is 9.84 Å². The SMILES string of the molecule is O=C(NCc1ccccc1Cn1cccn1)c1cc(-c2cccc(Cl)c2)on1. The van der Waals surface area contributed by atoms with Crippen LogP contribution in [-0.2, 0) is 13.1 Å². The molecule has 0 unspecified atom stereocenters. The quantitative estimate of drug-likeness (QED) is 0.534. The van der Waals surface area contributed by atoms with Gasteiger partial charge in [0.25, 0.3) is 5.91 Å². The fourth-order valence-electron chi connectivity index (χ4n) is 2.88. The molecule has 0 bridgehead atoms. The van der Waals surface area contributed by atoms with Gasteiger partial charge in [-0.3, -0.25) is 9.48 Å². The van der Waals surface area contributed by atoms with Crippen molar-refractivity contribution in [2.75, 3.05) is 0 Å². The van der Waals surface area contributed by atoms with Crippen LogP contribution < -0.4 is 5.32 Å². The molecule has 140 valence electrons. The first kappa shape index (κ1) is 18.0. The monoisotopic (exact) mass is 392 g/mol. The number of aromatic nitrogens is 3. The van der Waals surface area contributed by atoms with Gasteiger partial charge in [-0.05, 0) is 29.3 Å². The topological polar surface area (TPSA) is 73.0 Å². The van der Waals surface area contributed by atoms with E-state index in [1.807, 2.05) is 53.3 Å². The molecule has 2 aromatic carbocycles. The van der Waals surface area contributed by atoms with Gasteiger partial charge in [-0.1, -0.05) is 53.2 Å². The number of carbonyl (C=O) groups is 1. The number of nitrogens with one attached hydrogen (secondary N) is 1. The molecule has 1 amide bonds. The lowest BCUT2D eigenvalue weighted by Gasteiger charge is -2.10. The van der Waals surface area contributed by atoms with Crippen molar-refractivity contribution in [3.63, 3.8) is 0 Å². The minimum absolute atomic E-state index is 0.222. The van der Waals surface area contributed by atoms with Gasteiger partial charge in [0.2, 0.25) is 0 Å². The summed E-state index contributed by atoms with van der Waals surface area (Å²) in [5, 5.41) is 11.6. The van der Waals surface area contributed by atoms with Crippen LogP contribution in [0.25, 0.3) is 11.3 Å². The van der Waals surface area contributed by atoms with E-state index >= 15 is 0 Å². The molecule has 0 aliphatic carbocycles. The van der Waals surface area contributed by atoms with E-state index in [4.69, 9.17) is 16.1 Å². The van der Waals surface area contributed by atoms with Gasteiger partial charge in [-0.25, -0.2) is 0 Å². The zero-order valence-corrected chi connectivity index (χ0v) is 15.6. The number of hydrogen-bond acceptors (Lipinski definition) is 4. The first-order valence-corrected chi connectivity index (χ1v) is 9.12. The molecule has 2 heterocycles. The largest absolute Gasteiger partial charge is 0.355 e. The Morgan fingerprint density at radius 1 is 1.07 bits per heavy atom. The van der Waals surface area contributed by atoms with E-state index in [-0.39, 0.29) is 11.6 Å². The molecular weight excluding hydrogens is 376 g/mol. The van der Waals surface area contributed by atoms with E-state index in [2.05, 4.69) is 15.6 Å². The summed E-state index contributed by atoms with van der Waals surface area (Å²) in [6.07, 6.45) is 3.65. The molecule has 0 aliphatic rings. The third-order valence-electron chi connectivity index (χ3n) is 4.30. The average molecular weight is 393 g/mol. The average Bonchev–Trinajstić information content (AvgIpc) is 3.39. The summed E-state index contributed by atoms with van der Waals surface area (Å²) >= 11 is 6.00. The van der Waals surface area contributed by atoms with E-state index < -0.39 is 0 Å². The van der Waals surface area contributed by atoms with Crippen molar-refractivity contribution in [2.24, 2.45) is 0 Å². The number of nitrogens with zero attached hydrogens (tertiary/aromatic N) is 3. The highest BCUT2D eigenvalue weighted by molar-refractivity contribution is 6.30. The minimum Gasteiger partial charge on any atom is -0.355 e. The summed E-state index contributed by atoms with van der Waals surface area (Å²) in [6, 6.07) is 18.6. The molecular formula is C21H17ClN4O2. The maximum absolute atomic E-state index is 12.5. The number of rotatable bonds is 6. The zero-order valence-electron chi connectivity index (χ0n) is 14.9. The molecule has 4 rings (SSSR count). The van der Waals surface area contributed by atoms with Crippen LogP contribution in [0.1, 0.15) is 21.6 Å². The van der Waals surface area contributed by atoms with Crippen LogP contribution in [0.15, 0.2) is 77.6 Å². The van der Waals surface area contributed by atoms with Crippen LogP contribution >= 0.6 is 11.6 Å². The molecule has 6 nitrogen and oxygen atoms in total. The molecule has 28 heavy (non-hydrogen) atoms. The maximum atomic E-state index is 12.5. The van der Waals surface area contributed by atoms with Gasteiger partial charge >= 0.3 is 0 Å². The molecule has 0 fully saturated rings. The highest BCUT2D eigenvalue weighted by atomic mass is 35.5. The molecule has 0 radical (unpaired) electrons. The second kappa shape index (κ2) is 8.10. The summed E-state index contributed by atoms with van der Waals surface area (Å²) in [5.41, 5.74) is 3.10. The smallest absolute Gasteiger partial charge is 0.273 e. The van der Waals surface area contributed by atoms with Crippen LogP contribution in [0.5, 0.6) is 0 Å². The minimum atomic E-state index is -0.300. The summed E-state index contributed by atoms with van der Waals surface area (Å²) in [7, 11) is 0. The molecule has 0 saturated heterocycles. The summed E-state index contributed by atoms with van der Waals surface area (Å²) in [4.78, 5) is 12.5. The number of benzene rings is 2. The Labute approximate surface area is 166 Å². The van der Waals surface area contributed by atoms with Crippen LogP contribution in [0.3, 0.4) is 0 Å². The van der Waals surface area contributed by atoms with Crippen molar-refractivity contribution >= 4 is 17.5 Å². The Hall–Kier alpha value is -3.38. The standard InChI is InChI=1S/C21H17ClN4O2/c22-18-8-3-7-15(11-18)20-12-19(25-28-20)21(27)23-13-16-5-1-2-6-17(16)14-26-10-4-9-24-26/h1-12H,13-14H2,(H,23,27). The molecule has 0 spiro atoms. The van der Waals surface area contributed by atoms with Gasteiger partial charge in [0.1, 0.15) is 0 Å². The first-order chi connectivity index (χ1) is 13.7. The number of amides is 1. The molecule has 0 aliphatic heterocycles. The predicted molar refractivity (Wildman–Crippen MR) is 106 cm³/mol. The summed E-state index contributed by atoms with van der Waals surface area (Å²) in [6.45, 7) is 1.03. The van der Waals surface area contributed by atoms with E-state index in [1.54, 1.807) is 24.4 Å². The van der Waals surface area contributed by atoms with E-state index in [0.717, 1.165) is 16.7 Å². The normalized spacial score (nSPS) is 10.8. The molecule has 1 N–H and O–H groups in total. The highest BCUT2D eigenvalue weighted by Gasteiger charge is 2.14. The van der Waals surface area contributed by atoms with Gasteiger partial charge in [-0.15, -0.1) is 0 Å². The summed E-state index contributed by atoms with van der Waals surface area (Å²) in [5.74, 6) is 0.192. The van der Waals surface area contributed by atoms with Gasteiger partial charge in [-0.2, -0.15) is 5.10 Å².